The number of hydrogen-bond donors (Lipinski definition) is 2. The fourth-order valence-electron chi connectivity index (χ4n) is 3.06. The van der Waals surface area contributed by atoms with Gasteiger partial charge in [0, 0.05) is 41.1 Å². The maximum absolute atomic E-state index is 11.4. The zero-order valence-corrected chi connectivity index (χ0v) is 16.6. The number of sulfonamides is 1. The second-order valence-electron chi connectivity index (χ2n) is 6.62. The first-order valence-corrected chi connectivity index (χ1v) is 10.7. The molecule has 0 aliphatic heterocycles. The van der Waals surface area contributed by atoms with Crippen LogP contribution in [0.15, 0.2) is 66.0 Å². The Kier molecular flexibility index (Phi) is 4.99. The molecule has 2 aromatic carbocycles. The summed E-state index contributed by atoms with van der Waals surface area (Å²) in [5.74, 6) is 0.411. The SMILES string of the molecule is CCCn1cc(-c2cccc3cnc(Nc4ccc(S(N)(=O)=O)cc4)nc23)cn1. The van der Waals surface area contributed by atoms with Gasteiger partial charge in [0.2, 0.25) is 16.0 Å². The lowest BCUT2D eigenvalue weighted by Crippen LogP contribution is -2.11. The van der Waals surface area contributed by atoms with Crippen molar-refractivity contribution < 1.29 is 8.42 Å². The molecule has 2 heterocycles. The summed E-state index contributed by atoms with van der Waals surface area (Å²) in [5, 5.41) is 13.6. The number of aryl methyl sites for hydroxylation is 1. The number of nitrogens with zero attached hydrogens (tertiary/aromatic N) is 4. The fourth-order valence-corrected chi connectivity index (χ4v) is 3.58. The number of aromatic nitrogens is 4. The summed E-state index contributed by atoms with van der Waals surface area (Å²) in [6.45, 7) is 2.97. The molecule has 0 fully saturated rings. The zero-order chi connectivity index (χ0) is 20.4. The molecule has 0 saturated carbocycles. The monoisotopic (exact) mass is 408 g/mol. The zero-order valence-electron chi connectivity index (χ0n) is 15.8. The van der Waals surface area contributed by atoms with Crippen LogP contribution in [0.1, 0.15) is 13.3 Å². The van der Waals surface area contributed by atoms with Crippen LogP contribution in [0, 0.1) is 0 Å². The van der Waals surface area contributed by atoms with Gasteiger partial charge in [-0.1, -0.05) is 25.1 Å². The highest BCUT2D eigenvalue weighted by Crippen LogP contribution is 2.28. The first kappa shape index (κ1) is 19.0. The standard InChI is InChI=1S/C20H20N6O2S/c1-2-10-26-13-15(12-23-26)18-5-3-4-14-11-22-20(25-19(14)18)24-16-6-8-17(9-7-16)29(21,27)28/h3-9,11-13H,2,10H2,1H3,(H2,21,27,28)(H,22,24,25). The third-order valence-corrected chi connectivity index (χ3v) is 5.38. The molecule has 0 radical (unpaired) electrons. The fraction of sp³-hybridized carbons (Fsp3) is 0.150. The van der Waals surface area contributed by atoms with Crippen LogP contribution in [0.3, 0.4) is 0 Å². The van der Waals surface area contributed by atoms with E-state index in [1.807, 2.05) is 35.3 Å². The third kappa shape index (κ3) is 4.10. The van der Waals surface area contributed by atoms with Crippen molar-refractivity contribution in [1.82, 2.24) is 19.7 Å². The first-order valence-electron chi connectivity index (χ1n) is 9.12. The Balaban J connectivity index is 1.68. The van der Waals surface area contributed by atoms with E-state index >= 15 is 0 Å². The maximum atomic E-state index is 11.4. The largest absolute Gasteiger partial charge is 0.324 e. The van der Waals surface area contributed by atoms with Crippen molar-refractivity contribution >= 4 is 32.6 Å². The van der Waals surface area contributed by atoms with Crippen molar-refractivity contribution in [2.45, 2.75) is 24.8 Å². The molecule has 0 saturated heterocycles. The number of nitrogens with one attached hydrogen (secondary N) is 1. The number of primary sulfonamides is 1. The summed E-state index contributed by atoms with van der Waals surface area (Å²) in [5.41, 5.74) is 3.43. The number of benzene rings is 2. The maximum Gasteiger partial charge on any atom is 0.238 e. The van der Waals surface area contributed by atoms with E-state index in [1.54, 1.807) is 18.3 Å². The van der Waals surface area contributed by atoms with Gasteiger partial charge in [-0.2, -0.15) is 5.10 Å². The molecule has 3 N–H and O–H groups in total. The van der Waals surface area contributed by atoms with Crippen LogP contribution in [-0.2, 0) is 16.6 Å². The van der Waals surface area contributed by atoms with Crippen molar-refractivity contribution in [2.75, 3.05) is 5.32 Å². The average Bonchev–Trinajstić information content (AvgIpc) is 3.16. The molecular weight excluding hydrogens is 388 g/mol. The van der Waals surface area contributed by atoms with Crippen LogP contribution in [0.5, 0.6) is 0 Å². The van der Waals surface area contributed by atoms with E-state index in [4.69, 9.17) is 5.14 Å². The van der Waals surface area contributed by atoms with Crippen LogP contribution in [0.4, 0.5) is 11.6 Å². The van der Waals surface area contributed by atoms with Crippen molar-refractivity contribution in [3.63, 3.8) is 0 Å². The quantitative estimate of drug-likeness (QED) is 0.506. The Morgan fingerprint density at radius 1 is 1.10 bits per heavy atom. The van der Waals surface area contributed by atoms with Gasteiger partial charge < -0.3 is 5.32 Å². The highest BCUT2D eigenvalue weighted by molar-refractivity contribution is 7.89. The predicted octanol–water partition coefficient (Wildman–Crippen LogP) is 3.29. The van der Waals surface area contributed by atoms with Crippen LogP contribution in [0.25, 0.3) is 22.0 Å². The Hall–Kier alpha value is -3.30. The lowest BCUT2D eigenvalue weighted by atomic mass is 10.1. The molecule has 0 atom stereocenters. The predicted molar refractivity (Wildman–Crippen MR) is 112 cm³/mol. The van der Waals surface area contributed by atoms with Gasteiger partial charge in [-0.15, -0.1) is 0 Å². The minimum absolute atomic E-state index is 0.0499. The van der Waals surface area contributed by atoms with E-state index in [2.05, 4.69) is 27.3 Å². The summed E-state index contributed by atoms with van der Waals surface area (Å²) in [7, 11) is -3.73. The summed E-state index contributed by atoms with van der Waals surface area (Å²) in [4.78, 5) is 9.08. The van der Waals surface area contributed by atoms with Gasteiger partial charge in [-0.25, -0.2) is 23.5 Å². The number of anilines is 2. The lowest BCUT2D eigenvalue weighted by Gasteiger charge is -2.08. The highest BCUT2D eigenvalue weighted by atomic mass is 32.2. The molecule has 0 spiro atoms. The molecule has 0 aliphatic rings. The molecule has 29 heavy (non-hydrogen) atoms. The van der Waals surface area contributed by atoms with Crippen molar-refractivity contribution in [3.05, 3.63) is 61.1 Å². The van der Waals surface area contributed by atoms with Gasteiger partial charge in [0.15, 0.2) is 0 Å². The summed E-state index contributed by atoms with van der Waals surface area (Å²) in [6, 6.07) is 12.0. The molecule has 0 aliphatic carbocycles. The van der Waals surface area contributed by atoms with Gasteiger partial charge in [0.25, 0.3) is 0 Å². The Labute approximate surface area is 168 Å². The van der Waals surface area contributed by atoms with Crippen LogP contribution in [-0.4, -0.2) is 28.2 Å². The summed E-state index contributed by atoms with van der Waals surface area (Å²) < 4.78 is 24.7. The summed E-state index contributed by atoms with van der Waals surface area (Å²) >= 11 is 0. The van der Waals surface area contributed by atoms with E-state index in [9.17, 15) is 8.42 Å². The van der Waals surface area contributed by atoms with E-state index in [0.717, 1.165) is 35.0 Å². The second kappa shape index (κ2) is 7.61. The lowest BCUT2D eigenvalue weighted by molar-refractivity contribution is 0.598. The van der Waals surface area contributed by atoms with E-state index < -0.39 is 10.0 Å². The number of fused-ring (bicyclic) bond motifs is 1. The van der Waals surface area contributed by atoms with Crippen molar-refractivity contribution in [1.29, 1.82) is 0 Å². The topological polar surface area (TPSA) is 116 Å². The van der Waals surface area contributed by atoms with Gasteiger partial charge in [0.05, 0.1) is 16.6 Å². The molecule has 0 amide bonds. The minimum atomic E-state index is -3.73. The van der Waals surface area contributed by atoms with Crippen molar-refractivity contribution in [2.24, 2.45) is 5.14 Å². The van der Waals surface area contributed by atoms with Gasteiger partial charge in [-0.05, 0) is 30.7 Å². The smallest absolute Gasteiger partial charge is 0.238 e. The average molecular weight is 408 g/mol. The number of hydrogen-bond acceptors (Lipinski definition) is 6. The van der Waals surface area contributed by atoms with Crippen molar-refractivity contribution in [3.8, 4) is 11.1 Å². The Morgan fingerprint density at radius 3 is 2.62 bits per heavy atom. The molecular formula is C20H20N6O2S. The first-order chi connectivity index (χ1) is 13.9. The van der Waals surface area contributed by atoms with E-state index in [0.29, 0.717) is 11.6 Å². The van der Waals surface area contributed by atoms with E-state index in [1.165, 1.54) is 12.1 Å². The second-order valence-corrected chi connectivity index (χ2v) is 8.18. The number of para-hydroxylation sites is 1. The molecule has 4 rings (SSSR count). The Morgan fingerprint density at radius 2 is 1.90 bits per heavy atom. The summed E-state index contributed by atoms with van der Waals surface area (Å²) in [6.07, 6.45) is 6.62. The van der Waals surface area contributed by atoms with Gasteiger partial charge in [-0.3, -0.25) is 4.68 Å². The number of rotatable bonds is 6. The van der Waals surface area contributed by atoms with Gasteiger partial charge in [0.1, 0.15) is 0 Å². The third-order valence-electron chi connectivity index (χ3n) is 4.45. The highest BCUT2D eigenvalue weighted by Gasteiger charge is 2.10. The van der Waals surface area contributed by atoms with Crippen LogP contribution < -0.4 is 10.5 Å². The molecule has 9 heteroatoms. The Bertz CT molecular complexity index is 1270. The van der Waals surface area contributed by atoms with Gasteiger partial charge >= 0.3 is 0 Å². The minimum Gasteiger partial charge on any atom is -0.324 e. The molecule has 148 valence electrons. The normalized spacial score (nSPS) is 11.7. The van der Waals surface area contributed by atoms with E-state index in [-0.39, 0.29) is 4.90 Å². The molecule has 4 aromatic rings. The molecule has 8 nitrogen and oxygen atoms in total. The molecule has 0 bridgehead atoms. The number of nitrogens with two attached hydrogens (primary N) is 1. The molecule has 0 unspecified atom stereocenters. The van der Waals surface area contributed by atoms with Crippen LogP contribution in [0.2, 0.25) is 0 Å². The molecule has 2 aromatic heterocycles. The van der Waals surface area contributed by atoms with Crippen LogP contribution >= 0.6 is 0 Å².